The molecule has 1 aliphatic heterocycles. The largest absolute Gasteiger partial charge is 0.490 e. The monoisotopic (exact) mass is 580 g/mol. The first kappa shape index (κ1) is 32.4. The number of hydrogen-bond donors (Lipinski definition) is 1. The molecular weight excluding hydrogens is 528 g/mol. The van der Waals surface area contributed by atoms with Crippen LogP contribution < -0.4 is 9.47 Å². The number of benzene rings is 2. The Morgan fingerprint density at radius 3 is 1.58 bits per heavy atom. The van der Waals surface area contributed by atoms with Crippen molar-refractivity contribution in [3.05, 3.63) is 89.8 Å². The lowest BCUT2D eigenvalue weighted by atomic mass is 10.1. The molecule has 0 fully saturated rings. The van der Waals surface area contributed by atoms with Gasteiger partial charge in [0.1, 0.15) is 11.5 Å². The number of hydrogen-bond acceptors (Lipinski definition) is 3. The predicted octanol–water partition coefficient (Wildman–Crippen LogP) is 11.3. The minimum absolute atomic E-state index is 0.305. The summed E-state index contributed by atoms with van der Waals surface area (Å²) in [7, 11) is 0. The Bertz CT molecular complexity index is 1300. The molecular formula is C39H52N2O2. The summed E-state index contributed by atoms with van der Waals surface area (Å²) in [5.74, 6) is 1.91. The smallest absolute Gasteiger partial charge is 0.119 e. The Labute approximate surface area is 260 Å². The van der Waals surface area contributed by atoms with E-state index in [4.69, 9.17) is 14.5 Å². The van der Waals surface area contributed by atoms with Crippen molar-refractivity contribution >= 4 is 11.8 Å². The third kappa shape index (κ3) is 10.3. The van der Waals surface area contributed by atoms with Crippen molar-refractivity contribution in [3.8, 4) is 22.8 Å². The molecule has 0 saturated carbocycles. The number of rotatable bonds is 19. The lowest BCUT2D eigenvalue weighted by Gasteiger charge is -2.19. The van der Waals surface area contributed by atoms with Crippen LogP contribution in [-0.2, 0) is 0 Å². The van der Waals surface area contributed by atoms with Gasteiger partial charge in [0.2, 0.25) is 0 Å². The van der Waals surface area contributed by atoms with Gasteiger partial charge in [-0.05, 0) is 110 Å². The van der Waals surface area contributed by atoms with E-state index in [1.54, 1.807) is 0 Å². The number of H-pyrrole nitrogens is 1. The van der Waals surface area contributed by atoms with Crippen molar-refractivity contribution in [2.75, 3.05) is 0 Å². The molecule has 0 radical (unpaired) electrons. The Kier molecular flexibility index (Phi) is 13.2. The van der Waals surface area contributed by atoms with E-state index in [1.807, 2.05) is 0 Å². The van der Waals surface area contributed by atoms with Gasteiger partial charge in [-0.3, -0.25) is 0 Å². The number of nitrogens with zero attached hydrogens (tertiary/aromatic N) is 1. The number of aromatic nitrogens is 1. The van der Waals surface area contributed by atoms with Crippen LogP contribution in [0.2, 0.25) is 0 Å². The Morgan fingerprint density at radius 2 is 1.09 bits per heavy atom. The van der Waals surface area contributed by atoms with Gasteiger partial charge in [0.05, 0.1) is 23.6 Å². The zero-order valence-corrected chi connectivity index (χ0v) is 26.9. The summed E-state index contributed by atoms with van der Waals surface area (Å²) in [5.41, 5.74) is 6.29. The second-order valence-electron chi connectivity index (χ2n) is 11.8. The fourth-order valence-electron chi connectivity index (χ4n) is 5.50. The molecule has 0 spiro atoms. The van der Waals surface area contributed by atoms with E-state index >= 15 is 0 Å². The molecule has 4 nitrogen and oxygen atoms in total. The van der Waals surface area contributed by atoms with Gasteiger partial charge in [0.15, 0.2) is 0 Å². The van der Waals surface area contributed by atoms with Crippen LogP contribution in [0.4, 0.5) is 0 Å². The average Bonchev–Trinajstić information content (AvgIpc) is 3.71. The van der Waals surface area contributed by atoms with E-state index in [1.165, 1.54) is 51.4 Å². The van der Waals surface area contributed by atoms with Gasteiger partial charge < -0.3 is 14.5 Å². The van der Waals surface area contributed by atoms with Crippen LogP contribution in [0.1, 0.15) is 116 Å². The molecule has 1 aliphatic rings. The van der Waals surface area contributed by atoms with Crippen LogP contribution in [-0.4, -0.2) is 22.9 Å². The van der Waals surface area contributed by atoms with Crippen molar-refractivity contribution < 1.29 is 9.47 Å². The Hall–Kier alpha value is -3.53. The number of unbranched alkanes of at least 4 members (excludes halogenated alkanes) is 4. The summed E-state index contributed by atoms with van der Waals surface area (Å²) < 4.78 is 12.7. The quantitative estimate of drug-likeness (QED) is 0.153. The van der Waals surface area contributed by atoms with Gasteiger partial charge in [0, 0.05) is 17.0 Å². The first-order valence-corrected chi connectivity index (χ1v) is 16.8. The Morgan fingerprint density at radius 1 is 0.605 bits per heavy atom. The van der Waals surface area contributed by atoms with Crippen molar-refractivity contribution in [3.63, 3.8) is 0 Å². The molecule has 1 aromatic heterocycles. The van der Waals surface area contributed by atoms with Crippen LogP contribution in [0.25, 0.3) is 17.3 Å². The first-order chi connectivity index (χ1) is 21.1. The molecule has 2 heterocycles. The van der Waals surface area contributed by atoms with E-state index in [0.717, 1.165) is 71.1 Å². The molecule has 0 aliphatic carbocycles. The van der Waals surface area contributed by atoms with Crippen molar-refractivity contribution in [1.82, 2.24) is 4.98 Å². The fraction of sp³-hybridized carbons (Fsp3) is 0.462. The fourth-order valence-corrected chi connectivity index (χ4v) is 5.50. The summed E-state index contributed by atoms with van der Waals surface area (Å²) in [6.07, 6.45) is 21.1. The number of nitrogens with one attached hydrogen (secondary N) is 1. The molecule has 230 valence electrons. The number of aromatic amines is 1. The van der Waals surface area contributed by atoms with Gasteiger partial charge >= 0.3 is 0 Å². The van der Waals surface area contributed by atoms with Crippen molar-refractivity contribution in [2.45, 2.75) is 117 Å². The van der Waals surface area contributed by atoms with Crippen LogP contribution in [0.5, 0.6) is 11.5 Å². The third-order valence-corrected chi connectivity index (χ3v) is 8.11. The maximum atomic E-state index is 6.35. The summed E-state index contributed by atoms with van der Waals surface area (Å²) in [4.78, 5) is 8.42. The lowest BCUT2D eigenvalue weighted by molar-refractivity contribution is 0.174. The average molecular weight is 581 g/mol. The predicted molar refractivity (Wildman–Crippen MR) is 183 cm³/mol. The SMILES string of the molecule is CCCCC(CCCC)Oc1ccc(C2=N/C(=C\c3ccc(-c4ccc(OC(CCCC)CCCC)cc4)[nH]3)C=C2)cc1. The van der Waals surface area contributed by atoms with Crippen LogP contribution >= 0.6 is 0 Å². The van der Waals surface area contributed by atoms with Gasteiger partial charge in [0.25, 0.3) is 0 Å². The zero-order valence-electron chi connectivity index (χ0n) is 26.9. The molecule has 0 saturated heterocycles. The molecule has 0 bridgehead atoms. The standard InChI is InChI=1S/C39H52N2O2/c1-5-9-13-34(14-10-6-2)42-36-23-17-30(18-24-36)38-27-21-32(40-38)29-33-22-28-39(41-33)31-19-25-37(26-20-31)43-35(15-11-7-3)16-12-8-4/h17-29,34-35,40H,5-16H2,1-4H3/b33-29-. The van der Waals surface area contributed by atoms with E-state index in [9.17, 15) is 0 Å². The molecule has 0 amide bonds. The molecule has 2 aromatic carbocycles. The minimum Gasteiger partial charge on any atom is -0.490 e. The van der Waals surface area contributed by atoms with Gasteiger partial charge in [-0.2, -0.15) is 0 Å². The Balaban J connectivity index is 1.35. The molecule has 1 N–H and O–H groups in total. The highest BCUT2D eigenvalue weighted by molar-refractivity contribution is 6.11. The summed E-state index contributed by atoms with van der Waals surface area (Å²) in [5, 5.41) is 0. The van der Waals surface area contributed by atoms with E-state index < -0.39 is 0 Å². The molecule has 0 atom stereocenters. The van der Waals surface area contributed by atoms with E-state index in [-0.39, 0.29) is 0 Å². The summed E-state index contributed by atoms with van der Waals surface area (Å²) in [6, 6.07) is 21.1. The molecule has 43 heavy (non-hydrogen) atoms. The van der Waals surface area contributed by atoms with Gasteiger partial charge in [-0.15, -0.1) is 0 Å². The normalized spacial score (nSPS) is 13.8. The number of ether oxygens (including phenoxy) is 2. The second-order valence-corrected chi connectivity index (χ2v) is 11.8. The van der Waals surface area contributed by atoms with Gasteiger partial charge in [-0.25, -0.2) is 4.99 Å². The first-order valence-electron chi connectivity index (χ1n) is 16.8. The third-order valence-electron chi connectivity index (χ3n) is 8.11. The summed E-state index contributed by atoms with van der Waals surface area (Å²) in [6.45, 7) is 8.97. The maximum absolute atomic E-state index is 6.35. The van der Waals surface area contributed by atoms with Crippen molar-refractivity contribution in [2.24, 2.45) is 4.99 Å². The molecule has 3 aromatic rings. The lowest BCUT2D eigenvalue weighted by Crippen LogP contribution is -2.16. The topological polar surface area (TPSA) is 46.6 Å². The van der Waals surface area contributed by atoms with E-state index in [0.29, 0.717) is 12.2 Å². The highest BCUT2D eigenvalue weighted by atomic mass is 16.5. The van der Waals surface area contributed by atoms with Crippen molar-refractivity contribution in [1.29, 1.82) is 0 Å². The second kappa shape index (κ2) is 17.6. The zero-order chi connectivity index (χ0) is 30.3. The molecule has 4 heteroatoms. The molecule has 4 rings (SSSR count). The molecule has 0 unspecified atom stereocenters. The maximum Gasteiger partial charge on any atom is 0.119 e. The van der Waals surface area contributed by atoms with Crippen LogP contribution in [0.15, 0.2) is 83.5 Å². The highest BCUT2D eigenvalue weighted by Gasteiger charge is 2.13. The highest BCUT2D eigenvalue weighted by Crippen LogP contribution is 2.26. The van der Waals surface area contributed by atoms with Crippen LogP contribution in [0, 0.1) is 0 Å². The van der Waals surface area contributed by atoms with E-state index in [2.05, 4.69) is 112 Å². The number of allylic oxidation sites excluding steroid dienone is 2. The van der Waals surface area contributed by atoms with Gasteiger partial charge in [-0.1, -0.05) is 79.1 Å². The van der Waals surface area contributed by atoms with Crippen LogP contribution in [0.3, 0.4) is 0 Å². The minimum atomic E-state index is 0.305. The number of aliphatic imine (C=N–C) groups is 1. The summed E-state index contributed by atoms with van der Waals surface area (Å²) >= 11 is 0.